The minimum Gasteiger partial charge on any atom is -0.493 e. The van der Waals surface area contributed by atoms with Gasteiger partial charge >= 0.3 is 0 Å². The van der Waals surface area contributed by atoms with Crippen LogP contribution in [0.25, 0.3) is 0 Å². The van der Waals surface area contributed by atoms with Gasteiger partial charge in [0.15, 0.2) is 0 Å². The lowest BCUT2D eigenvalue weighted by molar-refractivity contribution is 0.0939. The molecule has 1 aliphatic rings. The van der Waals surface area contributed by atoms with E-state index in [9.17, 15) is 4.79 Å². The third-order valence-electron chi connectivity index (χ3n) is 5.30. The van der Waals surface area contributed by atoms with Gasteiger partial charge in [0, 0.05) is 13.5 Å². The number of rotatable bonds is 5. The highest BCUT2D eigenvalue weighted by Gasteiger charge is 2.20. The molecule has 0 radical (unpaired) electrons. The lowest BCUT2D eigenvalue weighted by Crippen LogP contribution is -2.27. The predicted molar refractivity (Wildman–Crippen MR) is 109 cm³/mol. The maximum atomic E-state index is 13.0. The van der Waals surface area contributed by atoms with E-state index in [1.165, 1.54) is 5.56 Å². The van der Waals surface area contributed by atoms with E-state index in [-0.39, 0.29) is 11.9 Å². The first-order chi connectivity index (χ1) is 13.6. The molecule has 0 spiro atoms. The van der Waals surface area contributed by atoms with Crippen LogP contribution in [0.1, 0.15) is 52.1 Å². The molecule has 5 nitrogen and oxygen atoms in total. The van der Waals surface area contributed by atoms with Crippen molar-refractivity contribution in [3.8, 4) is 5.75 Å². The van der Waals surface area contributed by atoms with Gasteiger partial charge in [-0.05, 0) is 42.5 Å². The van der Waals surface area contributed by atoms with Crippen LogP contribution in [0.2, 0.25) is 0 Å². The summed E-state index contributed by atoms with van der Waals surface area (Å²) in [6.07, 6.45) is 4.38. The summed E-state index contributed by atoms with van der Waals surface area (Å²) in [6.45, 7) is 2.79. The van der Waals surface area contributed by atoms with Crippen molar-refractivity contribution in [1.29, 1.82) is 0 Å². The Bertz CT molecular complexity index is 979. The number of hydrogen-bond donors (Lipinski definition) is 1. The number of ether oxygens (including phenoxy) is 1. The molecule has 5 heteroatoms. The minimum atomic E-state index is -0.0968. The fraction of sp³-hybridized carbons (Fsp3) is 0.304. The Balaban J connectivity index is 1.51. The molecule has 0 aliphatic carbocycles. The van der Waals surface area contributed by atoms with E-state index in [0.29, 0.717) is 12.0 Å². The number of aromatic nitrogens is 2. The smallest absolute Gasteiger partial charge is 0.255 e. The quantitative estimate of drug-likeness (QED) is 0.737. The molecule has 1 atom stereocenters. The van der Waals surface area contributed by atoms with Gasteiger partial charge in [0.1, 0.15) is 5.75 Å². The Morgan fingerprint density at radius 3 is 2.89 bits per heavy atom. The second-order valence-electron chi connectivity index (χ2n) is 7.31. The topological polar surface area (TPSA) is 56.2 Å². The van der Waals surface area contributed by atoms with E-state index in [0.717, 1.165) is 42.0 Å². The maximum absolute atomic E-state index is 13.0. The van der Waals surface area contributed by atoms with Crippen LogP contribution in [0, 0.1) is 0 Å². The molecule has 0 bridgehead atoms. The molecule has 0 saturated carbocycles. The van der Waals surface area contributed by atoms with E-state index in [4.69, 9.17) is 4.74 Å². The number of carbonyl (C=O) groups is 1. The average Bonchev–Trinajstić information content (AvgIpc) is 3.08. The lowest BCUT2D eigenvalue weighted by Gasteiger charge is -2.20. The molecular weight excluding hydrogens is 350 g/mol. The van der Waals surface area contributed by atoms with Gasteiger partial charge < -0.3 is 10.1 Å². The largest absolute Gasteiger partial charge is 0.493 e. The number of nitrogens with one attached hydrogen (secondary N) is 1. The molecule has 1 aliphatic heterocycles. The lowest BCUT2D eigenvalue weighted by atomic mass is 9.99. The third kappa shape index (κ3) is 3.79. The van der Waals surface area contributed by atoms with E-state index >= 15 is 0 Å². The van der Waals surface area contributed by atoms with Crippen molar-refractivity contribution in [1.82, 2.24) is 15.1 Å². The van der Waals surface area contributed by atoms with Gasteiger partial charge in [0.25, 0.3) is 5.91 Å². The van der Waals surface area contributed by atoms with E-state index in [1.54, 1.807) is 10.9 Å². The summed E-state index contributed by atoms with van der Waals surface area (Å²) in [5.41, 5.74) is 5.00. The Hall–Kier alpha value is -3.08. The zero-order valence-corrected chi connectivity index (χ0v) is 16.3. The first-order valence-electron chi connectivity index (χ1n) is 9.73. The van der Waals surface area contributed by atoms with Crippen molar-refractivity contribution >= 4 is 5.91 Å². The fourth-order valence-corrected chi connectivity index (χ4v) is 3.66. The van der Waals surface area contributed by atoms with Gasteiger partial charge in [-0.2, -0.15) is 5.10 Å². The maximum Gasteiger partial charge on any atom is 0.255 e. The number of hydrogen-bond acceptors (Lipinski definition) is 3. The molecule has 4 rings (SSSR count). The number of amides is 1. The summed E-state index contributed by atoms with van der Waals surface area (Å²) < 4.78 is 7.47. The van der Waals surface area contributed by atoms with Crippen molar-refractivity contribution in [3.05, 3.63) is 82.7 Å². The van der Waals surface area contributed by atoms with Crippen LogP contribution in [0.4, 0.5) is 0 Å². The zero-order chi connectivity index (χ0) is 19.5. The van der Waals surface area contributed by atoms with E-state index < -0.39 is 0 Å². The first kappa shape index (κ1) is 18.3. The summed E-state index contributed by atoms with van der Waals surface area (Å²) in [6, 6.07) is 16.2. The van der Waals surface area contributed by atoms with Crippen molar-refractivity contribution in [2.75, 3.05) is 6.61 Å². The van der Waals surface area contributed by atoms with Crippen molar-refractivity contribution in [2.45, 2.75) is 32.2 Å². The number of carbonyl (C=O) groups excluding carboxylic acids is 1. The molecule has 1 aromatic heterocycles. The van der Waals surface area contributed by atoms with Gasteiger partial charge in [-0.3, -0.25) is 9.48 Å². The minimum absolute atomic E-state index is 0.0930. The Morgan fingerprint density at radius 1 is 1.25 bits per heavy atom. The second-order valence-corrected chi connectivity index (χ2v) is 7.31. The standard InChI is InChI=1S/C23H25N3O2/c1-16(18-10-11-22-19(14-18)9-6-12-28-22)25-23(27)20-15-24-26(2)21(20)13-17-7-4-3-5-8-17/h3-5,7-8,10-11,14-16H,6,9,12-13H2,1-2H3,(H,25,27). The van der Waals surface area contributed by atoms with E-state index in [2.05, 4.69) is 28.6 Å². The first-order valence-corrected chi connectivity index (χ1v) is 9.73. The SMILES string of the molecule is CC(NC(=O)c1cnn(C)c1Cc1ccccc1)c1ccc2c(c1)CCCO2. The molecule has 28 heavy (non-hydrogen) atoms. The van der Waals surface area contributed by atoms with Crippen LogP contribution in [-0.2, 0) is 19.9 Å². The highest BCUT2D eigenvalue weighted by Crippen LogP contribution is 2.28. The van der Waals surface area contributed by atoms with Gasteiger partial charge in [0.2, 0.25) is 0 Å². The molecule has 1 N–H and O–H groups in total. The molecule has 1 amide bonds. The summed E-state index contributed by atoms with van der Waals surface area (Å²) in [7, 11) is 1.88. The molecule has 3 aromatic rings. The van der Waals surface area contributed by atoms with Gasteiger partial charge in [0.05, 0.1) is 30.1 Å². The number of fused-ring (bicyclic) bond motifs is 1. The number of benzene rings is 2. The van der Waals surface area contributed by atoms with Gasteiger partial charge in [-0.15, -0.1) is 0 Å². The summed E-state index contributed by atoms with van der Waals surface area (Å²) in [5, 5.41) is 7.44. The molecule has 0 fully saturated rings. The Kier molecular flexibility index (Phi) is 5.15. The summed E-state index contributed by atoms with van der Waals surface area (Å²) in [5.74, 6) is 0.867. The normalized spacial score (nSPS) is 14.1. The molecule has 144 valence electrons. The van der Waals surface area contributed by atoms with Crippen molar-refractivity contribution in [3.63, 3.8) is 0 Å². The second kappa shape index (κ2) is 7.89. The van der Waals surface area contributed by atoms with Crippen LogP contribution in [0.15, 0.2) is 54.7 Å². The highest BCUT2D eigenvalue weighted by molar-refractivity contribution is 5.95. The number of nitrogens with zero attached hydrogens (tertiary/aromatic N) is 2. The van der Waals surface area contributed by atoms with Gasteiger partial charge in [-0.25, -0.2) is 0 Å². The molecular formula is C23H25N3O2. The molecule has 0 saturated heterocycles. The number of aryl methyl sites for hydroxylation is 2. The summed E-state index contributed by atoms with van der Waals surface area (Å²) in [4.78, 5) is 13.0. The fourth-order valence-electron chi connectivity index (χ4n) is 3.66. The van der Waals surface area contributed by atoms with Crippen LogP contribution in [0.3, 0.4) is 0 Å². The van der Waals surface area contributed by atoms with E-state index in [1.807, 2.05) is 44.3 Å². The monoisotopic (exact) mass is 375 g/mol. The molecule has 1 unspecified atom stereocenters. The van der Waals surface area contributed by atoms with Crippen LogP contribution in [0.5, 0.6) is 5.75 Å². The van der Waals surface area contributed by atoms with Crippen LogP contribution in [-0.4, -0.2) is 22.3 Å². The van der Waals surface area contributed by atoms with Crippen molar-refractivity contribution < 1.29 is 9.53 Å². The highest BCUT2D eigenvalue weighted by atomic mass is 16.5. The molecule has 2 heterocycles. The average molecular weight is 375 g/mol. The molecule has 2 aromatic carbocycles. The predicted octanol–water partition coefficient (Wildman–Crippen LogP) is 3.83. The van der Waals surface area contributed by atoms with Crippen LogP contribution >= 0.6 is 0 Å². The Morgan fingerprint density at radius 2 is 2.07 bits per heavy atom. The van der Waals surface area contributed by atoms with Crippen molar-refractivity contribution in [2.24, 2.45) is 7.05 Å². The Labute approximate surface area is 165 Å². The van der Waals surface area contributed by atoms with Gasteiger partial charge in [-0.1, -0.05) is 42.5 Å². The third-order valence-corrected chi connectivity index (χ3v) is 5.30. The van der Waals surface area contributed by atoms with Crippen LogP contribution < -0.4 is 10.1 Å². The zero-order valence-electron chi connectivity index (χ0n) is 16.3. The summed E-state index contributed by atoms with van der Waals surface area (Å²) >= 11 is 0.